The first-order chi connectivity index (χ1) is 10.5. The van der Waals surface area contributed by atoms with Crippen LogP contribution in [0.15, 0.2) is 40.9 Å². The highest BCUT2D eigenvalue weighted by Crippen LogP contribution is 2.31. The van der Waals surface area contributed by atoms with Crippen LogP contribution in [0, 0.1) is 11.6 Å². The van der Waals surface area contributed by atoms with E-state index < -0.39 is 11.6 Å². The normalized spacial score (nSPS) is 13.1. The van der Waals surface area contributed by atoms with Crippen LogP contribution in [0.2, 0.25) is 0 Å². The van der Waals surface area contributed by atoms with Crippen molar-refractivity contribution in [3.05, 3.63) is 58.1 Å². The molecule has 114 valence electrons. The van der Waals surface area contributed by atoms with E-state index >= 15 is 0 Å². The molecule has 0 spiro atoms. The monoisotopic (exact) mass is 367 g/mol. The van der Waals surface area contributed by atoms with Crippen LogP contribution < -0.4 is 9.64 Å². The molecule has 0 atom stereocenters. The Hall–Kier alpha value is -1.95. The Balaban J connectivity index is 1.71. The molecule has 0 radical (unpaired) electrons. The molecule has 1 amide bonds. The molecular weight excluding hydrogens is 356 g/mol. The van der Waals surface area contributed by atoms with Gasteiger partial charge in [0.25, 0.3) is 5.91 Å². The summed E-state index contributed by atoms with van der Waals surface area (Å²) in [5.41, 5.74) is 0.667. The first-order valence-electron chi connectivity index (χ1n) is 6.71. The fourth-order valence-corrected chi connectivity index (χ4v) is 2.70. The lowest BCUT2D eigenvalue weighted by Gasteiger charge is -2.17. The molecule has 1 heterocycles. The Morgan fingerprint density at radius 3 is 2.68 bits per heavy atom. The minimum absolute atomic E-state index is 0.181. The number of hydrogen-bond acceptors (Lipinski definition) is 2. The SMILES string of the molecule is O=C(COc1ccc(Br)cc1)N1CCc2c(F)cc(F)cc21. The third-order valence-corrected chi connectivity index (χ3v) is 4.02. The zero-order chi connectivity index (χ0) is 15.7. The molecule has 0 aliphatic carbocycles. The Kier molecular flexibility index (Phi) is 4.11. The summed E-state index contributed by atoms with van der Waals surface area (Å²) in [6.07, 6.45) is 0.380. The molecule has 0 aromatic heterocycles. The van der Waals surface area contributed by atoms with Crippen molar-refractivity contribution in [2.75, 3.05) is 18.1 Å². The van der Waals surface area contributed by atoms with E-state index in [4.69, 9.17) is 4.74 Å². The average molecular weight is 368 g/mol. The zero-order valence-electron chi connectivity index (χ0n) is 11.5. The van der Waals surface area contributed by atoms with Crippen molar-refractivity contribution < 1.29 is 18.3 Å². The molecule has 6 heteroatoms. The zero-order valence-corrected chi connectivity index (χ0v) is 13.1. The van der Waals surface area contributed by atoms with Gasteiger partial charge in [-0.3, -0.25) is 4.79 Å². The predicted molar refractivity (Wildman–Crippen MR) is 82.1 cm³/mol. The highest BCUT2D eigenvalue weighted by molar-refractivity contribution is 9.10. The third-order valence-electron chi connectivity index (χ3n) is 3.49. The van der Waals surface area contributed by atoms with E-state index in [1.807, 2.05) is 0 Å². The van der Waals surface area contributed by atoms with Crippen LogP contribution in [0.4, 0.5) is 14.5 Å². The molecule has 0 fully saturated rings. The first-order valence-corrected chi connectivity index (χ1v) is 7.50. The van der Waals surface area contributed by atoms with Gasteiger partial charge in [-0.15, -0.1) is 0 Å². The topological polar surface area (TPSA) is 29.5 Å². The second-order valence-electron chi connectivity index (χ2n) is 4.92. The van der Waals surface area contributed by atoms with Crippen molar-refractivity contribution in [1.82, 2.24) is 0 Å². The van der Waals surface area contributed by atoms with Crippen molar-refractivity contribution in [3.8, 4) is 5.75 Å². The minimum atomic E-state index is -0.690. The van der Waals surface area contributed by atoms with Gasteiger partial charge in [0, 0.05) is 22.6 Å². The van der Waals surface area contributed by atoms with Gasteiger partial charge in [-0.05, 0) is 36.8 Å². The molecule has 3 nitrogen and oxygen atoms in total. The molecule has 0 bridgehead atoms. The summed E-state index contributed by atoms with van der Waals surface area (Å²) in [7, 11) is 0. The second-order valence-corrected chi connectivity index (χ2v) is 5.84. The number of carbonyl (C=O) groups excluding carboxylic acids is 1. The van der Waals surface area contributed by atoms with Crippen molar-refractivity contribution in [2.24, 2.45) is 0 Å². The molecule has 0 saturated heterocycles. The number of carbonyl (C=O) groups is 1. The summed E-state index contributed by atoms with van der Waals surface area (Å²) >= 11 is 3.31. The summed E-state index contributed by atoms with van der Waals surface area (Å²) < 4.78 is 33.3. The standard InChI is InChI=1S/C16H12BrF2NO2/c17-10-1-3-12(4-2-10)22-9-16(21)20-6-5-13-14(19)7-11(18)8-15(13)20/h1-4,7-8H,5-6,9H2. The van der Waals surface area contributed by atoms with E-state index in [0.717, 1.165) is 10.5 Å². The lowest BCUT2D eigenvalue weighted by Crippen LogP contribution is -2.33. The van der Waals surface area contributed by atoms with E-state index in [1.54, 1.807) is 24.3 Å². The number of hydrogen-bond donors (Lipinski definition) is 0. The van der Waals surface area contributed by atoms with Crippen LogP contribution in [0.1, 0.15) is 5.56 Å². The van der Waals surface area contributed by atoms with Crippen molar-refractivity contribution >= 4 is 27.5 Å². The van der Waals surface area contributed by atoms with Gasteiger partial charge in [-0.25, -0.2) is 8.78 Å². The van der Waals surface area contributed by atoms with Gasteiger partial charge in [0.2, 0.25) is 0 Å². The molecule has 0 unspecified atom stereocenters. The summed E-state index contributed by atoms with van der Waals surface area (Å²) in [5.74, 6) is -1.07. The highest BCUT2D eigenvalue weighted by Gasteiger charge is 2.28. The summed E-state index contributed by atoms with van der Waals surface area (Å²) in [5, 5.41) is 0. The molecule has 3 rings (SSSR count). The Morgan fingerprint density at radius 1 is 1.23 bits per heavy atom. The number of ether oxygens (including phenoxy) is 1. The van der Waals surface area contributed by atoms with Crippen LogP contribution in [0.25, 0.3) is 0 Å². The smallest absolute Gasteiger partial charge is 0.264 e. The second kappa shape index (κ2) is 6.04. The number of fused-ring (bicyclic) bond motifs is 1. The molecular formula is C16H12BrF2NO2. The number of benzene rings is 2. The Labute approximate surface area is 134 Å². The average Bonchev–Trinajstić information content (AvgIpc) is 2.90. The largest absolute Gasteiger partial charge is 0.484 e. The van der Waals surface area contributed by atoms with Gasteiger partial charge >= 0.3 is 0 Å². The van der Waals surface area contributed by atoms with Crippen molar-refractivity contribution in [2.45, 2.75) is 6.42 Å². The maximum absolute atomic E-state index is 13.7. The Bertz CT molecular complexity index is 719. The Morgan fingerprint density at radius 2 is 1.95 bits per heavy atom. The molecule has 2 aromatic carbocycles. The van der Waals surface area contributed by atoms with Gasteiger partial charge in [0.1, 0.15) is 17.4 Å². The van der Waals surface area contributed by atoms with Gasteiger partial charge in [-0.1, -0.05) is 15.9 Å². The summed E-state index contributed by atoms with van der Waals surface area (Å²) in [6.45, 7) is 0.150. The van der Waals surface area contributed by atoms with E-state index in [1.165, 1.54) is 11.0 Å². The minimum Gasteiger partial charge on any atom is -0.484 e. The van der Waals surface area contributed by atoms with Crippen LogP contribution in [0.5, 0.6) is 5.75 Å². The van der Waals surface area contributed by atoms with E-state index in [0.29, 0.717) is 30.0 Å². The number of nitrogens with zero attached hydrogens (tertiary/aromatic N) is 1. The molecule has 0 saturated carbocycles. The number of amides is 1. The van der Waals surface area contributed by atoms with E-state index in [9.17, 15) is 13.6 Å². The van der Waals surface area contributed by atoms with Crippen LogP contribution in [-0.4, -0.2) is 19.1 Å². The van der Waals surface area contributed by atoms with Crippen molar-refractivity contribution in [3.63, 3.8) is 0 Å². The first kappa shape index (κ1) is 15.0. The summed E-state index contributed by atoms with van der Waals surface area (Å²) in [4.78, 5) is 13.6. The van der Waals surface area contributed by atoms with Gasteiger partial charge in [0.05, 0.1) is 5.69 Å². The van der Waals surface area contributed by atoms with Crippen LogP contribution in [0.3, 0.4) is 0 Å². The highest BCUT2D eigenvalue weighted by atomic mass is 79.9. The molecule has 2 aromatic rings. The fraction of sp³-hybridized carbons (Fsp3) is 0.188. The number of halogens is 3. The summed E-state index contributed by atoms with van der Waals surface area (Å²) in [6, 6.07) is 9.09. The third kappa shape index (κ3) is 2.97. The van der Waals surface area contributed by atoms with E-state index in [2.05, 4.69) is 15.9 Å². The molecule has 22 heavy (non-hydrogen) atoms. The lowest BCUT2D eigenvalue weighted by molar-refractivity contribution is -0.120. The fourth-order valence-electron chi connectivity index (χ4n) is 2.44. The van der Waals surface area contributed by atoms with Crippen LogP contribution >= 0.6 is 15.9 Å². The number of rotatable bonds is 3. The van der Waals surface area contributed by atoms with E-state index in [-0.39, 0.29) is 12.5 Å². The van der Waals surface area contributed by atoms with Gasteiger partial charge in [0.15, 0.2) is 6.61 Å². The maximum Gasteiger partial charge on any atom is 0.264 e. The maximum atomic E-state index is 13.7. The van der Waals surface area contributed by atoms with Crippen molar-refractivity contribution in [1.29, 1.82) is 0 Å². The predicted octanol–water partition coefficient (Wildman–Crippen LogP) is 3.70. The van der Waals surface area contributed by atoms with Gasteiger partial charge in [-0.2, -0.15) is 0 Å². The quantitative estimate of drug-likeness (QED) is 0.827. The van der Waals surface area contributed by atoms with Gasteiger partial charge < -0.3 is 9.64 Å². The number of anilines is 1. The molecule has 0 N–H and O–H groups in total. The van der Waals surface area contributed by atoms with Crippen LogP contribution in [-0.2, 0) is 11.2 Å². The lowest BCUT2D eigenvalue weighted by atomic mass is 10.1. The molecule has 1 aliphatic rings. The molecule has 1 aliphatic heterocycles.